The number of carboxylic acids is 1. The first-order chi connectivity index (χ1) is 10.1. The van der Waals surface area contributed by atoms with Gasteiger partial charge in [-0.15, -0.1) is 0 Å². The van der Waals surface area contributed by atoms with Gasteiger partial charge in [0.15, 0.2) is 0 Å². The van der Waals surface area contributed by atoms with Crippen LogP contribution in [0.25, 0.3) is 0 Å². The largest absolute Gasteiger partial charge is 0.481 e. The molecule has 0 aliphatic carbocycles. The molecule has 0 atom stereocenters. The lowest BCUT2D eigenvalue weighted by Crippen LogP contribution is -2.13. The van der Waals surface area contributed by atoms with Crippen molar-refractivity contribution in [2.45, 2.75) is 12.8 Å². The monoisotopic (exact) mass is 284 g/mol. The molecule has 0 saturated carbocycles. The van der Waals surface area contributed by atoms with E-state index in [0.29, 0.717) is 23.4 Å². The Bertz CT molecular complexity index is 651. The molecule has 0 saturated heterocycles. The third kappa shape index (κ3) is 4.07. The van der Waals surface area contributed by atoms with Crippen LogP contribution in [-0.4, -0.2) is 17.0 Å². The van der Waals surface area contributed by atoms with Gasteiger partial charge in [-0.1, -0.05) is 18.2 Å². The number of nitrogens with two attached hydrogens (primary N) is 1. The molecule has 2 rings (SSSR count). The molecular weight excluding hydrogens is 268 g/mol. The summed E-state index contributed by atoms with van der Waals surface area (Å²) in [7, 11) is 0. The van der Waals surface area contributed by atoms with Crippen LogP contribution in [0.2, 0.25) is 0 Å². The molecule has 2 aromatic carbocycles. The lowest BCUT2D eigenvalue weighted by Gasteiger charge is -2.10. The Hall–Kier alpha value is -2.82. The van der Waals surface area contributed by atoms with Gasteiger partial charge >= 0.3 is 5.97 Å². The van der Waals surface area contributed by atoms with E-state index in [1.165, 1.54) is 0 Å². The van der Waals surface area contributed by atoms with Gasteiger partial charge in [-0.3, -0.25) is 9.59 Å². The van der Waals surface area contributed by atoms with Crippen molar-refractivity contribution in [2.75, 3.05) is 11.1 Å². The molecule has 0 radical (unpaired) electrons. The zero-order chi connectivity index (χ0) is 15.2. The maximum atomic E-state index is 12.1. The average molecular weight is 284 g/mol. The van der Waals surface area contributed by atoms with Gasteiger partial charge in [0.05, 0.1) is 0 Å². The molecule has 5 nitrogen and oxygen atoms in total. The predicted octanol–water partition coefficient (Wildman–Crippen LogP) is 2.54. The minimum Gasteiger partial charge on any atom is -0.481 e. The Labute approximate surface area is 122 Å². The SMILES string of the molecule is Nc1ccc(C(=O)Nc2ccccc2CCC(=O)O)cc1. The van der Waals surface area contributed by atoms with Crippen LogP contribution in [0.15, 0.2) is 48.5 Å². The Morgan fingerprint density at radius 3 is 2.38 bits per heavy atom. The highest BCUT2D eigenvalue weighted by Crippen LogP contribution is 2.18. The number of carbonyl (C=O) groups is 2. The summed E-state index contributed by atoms with van der Waals surface area (Å²) in [5, 5.41) is 11.5. The summed E-state index contributed by atoms with van der Waals surface area (Å²) >= 11 is 0. The second kappa shape index (κ2) is 6.56. The number of rotatable bonds is 5. The van der Waals surface area contributed by atoms with E-state index in [4.69, 9.17) is 10.8 Å². The van der Waals surface area contributed by atoms with E-state index in [2.05, 4.69) is 5.32 Å². The number of para-hydroxylation sites is 1. The third-order valence-corrected chi connectivity index (χ3v) is 3.05. The summed E-state index contributed by atoms with van der Waals surface area (Å²) in [6, 6.07) is 13.8. The van der Waals surface area contributed by atoms with Crippen LogP contribution in [0.1, 0.15) is 22.3 Å². The molecule has 108 valence electrons. The van der Waals surface area contributed by atoms with Crippen molar-refractivity contribution in [1.82, 2.24) is 0 Å². The van der Waals surface area contributed by atoms with Gasteiger partial charge in [-0.2, -0.15) is 0 Å². The number of benzene rings is 2. The van der Waals surface area contributed by atoms with E-state index in [-0.39, 0.29) is 12.3 Å². The lowest BCUT2D eigenvalue weighted by molar-refractivity contribution is -0.136. The van der Waals surface area contributed by atoms with E-state index in [1.807, 2.05) is 12.1 Å². The molecule has 0 spiro atoms. The summed E-state index contributed by atoms with van der Waals surface area (Å²) < 4.78 is 0. The van der Waals surface area contributed by atoms with Gasteiger partial charge in [-0.05, 0) is 42.3 Å². The zero-order valence-electron chi connectivity index (χ0n) is 11.4. The maximum absolute atomic E-state index is 12.1. The molecule has 0 fully saturated rings. The van der Waals surface area contributed by atoms with Crippen molar-refractivity contribution in [3.63, 3.8) is 0 Å². The number of nitrogens with one attached hydrogen (secondary N) is 1. The fourth-order valence-corrected chi connectivity index (χ4v) is 1.93. The second-order valence-electron chi connectivity index (χ2n) is 4.63. The first-order valence-electron chi connectivity index (χ1n) is 6.53. The van der Waals surface area contributed by atoms with Crippen LogP contribution in [0, 0.1) is 0 Å². The van der Waals surface area contributed by atoms with E-state index in [9.17, 15) is 9.59 Å². The van der Waals surface area contributed by atoms with Crippen molar-refractivity contribution < 1.29 is 14.7 Å². The van der Waals surface area contributed by atoms with Gasteiger partial charge in [0, 0.05) is 23.4 Å². The summed E-state index contributed by atoms with van der Waals surface area (Å²) in [4.78, 5) is 22.8. The zero-order valence-corrected chi connectivity index (χ0v) is 11.4. The summed E-state index contributed by atoms with van der Waals surface area (Å²) in [5.41, 5.74) is 8.09. The quantitative estimate of drug-likeness (QED) is 0.736. The summed E-state index contributed by atoms with van der Waals surface area (Å²) in [6.45, 7) is 0. The first kappa shape index (κ1) is 14.6. The highest BCUT2D eigenvalue weighted by atomic mass is 16.4. The van der Waals surface area contributed by atoms with Crippen molar-refractivity contribution in [1.29, 1.82) is 0 Å². The molecule has 1 amide bonds. The molecule has 0 unspecified atom stereocenters. The van der Waals surface area contributed by atoms with Gasteiger partial charge in [0.2, 0.25) is 0 Å². The fourth-order valence-electron chi connectivity index (χ4n) is 1.93. The summed E-state index contributed by atoms with van der Waals surface area (Å²) in [6.07, 6.45) is 0.391. The molecule has 21 heavy (non-hydrogen) atoms. The Morgan fingerprint density at radius 1 is 1.05 bits per heavy atom. The summed E-state index contributed by atoms with van der Waals surface area (Å²) in [5.74, 6) is -1.12. The molecule has 0 aliphatic rings. The second-order valence-corrected chi connectivity index (χ2v) is 4.63. The standard InChI is InChI=1S/C16H16N2O3/c17-13-8-5-12(6-9-13)16(21)18-14-4-2-1-3-11(14)7-10-15(19)20/h1-6,8-9H,7,10,17H2,(H,18,21)(H,19,20). The predicted molar refractivity (Wildman–Crippen MR) is 81.2 cm³/mol. The highest BCUT2D eigenvalue weighted by Gasteiger charge is 2.09. The van der Waals surface area contributed by atoms with Gasteiger partial charge < -0.3 is 16.2 Å². The van der Waals surface area contributed by atoms with Crippen LogP contribution >= 0.6 is 0 Å². The normalized spacial score (nSPS) is 10.1. The van der Waals surface area contributed by atoms with Crippen LogP contribution < -0.4 is 11.1 Å². The Balaban J connectivity index is 2.13. The van der Waals surface area contributed by atoms with Crippen LogP contribution in [0.5, 0.6) is 0 Å². The minimum absolute atomic E-state index is 0.0226. The number of carbonyl (C=O) groups excluding carboxylic acids is 1. The molecule has 0 heterocycles. The number of anilines is 2. The van der Waals surface area contributed by atoms with Crippen LogP contribution in [0.4, 0.5) is 11.4 Å². The van der Waals surface area contributed by atoms with Gasteiger partial charge in [0.25, 0.3) is 5.91 Å². The Morgan fingerprint density at radius 2 is 1.71 bits per heavy atom. The van der Waals surface area contributed by atoms with Gasteiger partial charge in [0.1, 0.15) is 0 Å². The van der Waals surface area contributed by atoms with Crippen molar-refractivity contribution in [2.24, 2.45) is 0 Å². The van der Waals surface area contributed by atoms with Crippen molar-refractivity contribution in [3.05, 3.63) is 59.7 Å². The molecule has 0 aliphatic heterocycles. The van der Waals surface area contributed by atoms with Crippen LogP contribution in [-0.2, 0) is 11.2 Å². The van der Waals surface area contributed by atoms with E-state index < -0.39 is 5.97 Å². The molecule has 4 N–H and O–H groups in total. The Kier molecular flexibility index (Phi) is 4.56. The topological polar surface area (TPSA) is 92.4 Å². The molecule has 5 heteroatoms. The molecular formula is C16H16N2O3. The average Bonchev–Trinajstić information content (AvgIpc) is 2.47. The van der Waals surface area contributed by atoms with Crippen LogP contribution in [0.3, 0.4) is 0 Å². The molecule has 0 bridgehead atoms. The number of aliphatic carboxylic acids is 1. The first-order valence-corrected chi connectivity index (χ1v) is 6.53. The minimum atomic E-state index is -0.866. The highest BCUT2D eigenvalue weighted by molar-refractivity contribution is 6.04. The van der Waals surface area contributed by atoms with Crippen molar-refractivity contribution >= 4 is 23.3 Å². The van der Waals surface area contributed by atoms with Gasteiger partial charge in [-0.25, -0.2) is 0 Å². The number of amides is 1. The van der Waals surface area contributed by atoms with E-state index in [0.717, 1.165) is 5.56 Å². The smallest absolute Gasteiger partial charge is 0.303 e. The fraction of sp³-hybridized carbons (Fsp3) is 0.125. The maximum Gasteiger partial charge on any atom is 0.303 e. The third-order valence-electron chi connectivity index (χ3n) is 3.05. The number of hydrogen-bond donors (Lipinski definition) is 3. The van der Waals surface area contributed by atoms with Crippen molar-refractivity contribution in [3.8, 4) is 0 Å². The number of hydrogen-bond acceptors (Lipinski definition) is 3. The number of aryl methyl sites for hydroxylation is 1. The number of nitrogen functional groups attached to an aromatic ring is 1. The van der Waals surface area contributed by atoms with E-state index >= 15 is 0 Å². The molecule has 0 aromatic heterocycles. The lowest BCUT2D eigenvalue weighted by atomic mass is 10.1. The molecule has 2 aromatic rings. The van der Waals surface area contributed by atoms with E-state index in [1.54, 1.807) is 36.4 Å². The number of carboxylic acid groups (broad SMARTS) is 1.